The Hall–Kier alpha value is -1.94. The van der Waals surface area contributed by atoms with Gasteiger partial charge >= 0.3 is 0 Å². The van der Waals surface area contributed by atoms with Crippen molar-refractivity contribution in [3.05, 3.63) is 59.5 Å². The van der Waals surface area contributed by atoms with E-state index in [4.69, 9.17) is 4.74 Å². The normalized spacial score (nSPS) is 10.5. The van der Waals surface area contributed by atoms with Crippen LogP contribution in [-0.2, 0) is 13.2 Å². The van der Waals surface area contributed by atoms with Crippen molar-refractivity contribution in [1.29, 1.82) is 0 Å². The third-order valence-corrected chi connectivity index (χ3v) is 2.89. The number of benzene rings is 1. The maximum absolute atomic E-state index is 13.4. The van der Waals surface area contributed by atoms with Crippen molar-refractivity contribution in [2.24, 2.45) is 0 Å². The molecule has 0 unspecified atom stereocenters. The van der Waals surface area contributed by atoms with Gasteiger partial charge in [0.05, 0.1) is 0 Å². The lowest BCUT2D eigenvalue weighted by Crippen LogP contribution is -2.13. The summed E-state index contributed by atoms with van der Waals surface area (Å²) in [7, 11) is 0. The Balaban J connectivity index is 1.86. The summed E-state index contributed by atoms with van der Waals surface area (Å²) >= 11 is 0. The van der Waals surface area contributed by atoms with Gasteiger partial charge in [-0.15, -0.1) is 0 Å². The van der Waals surface area contributed by atoms with E-state index in [9.17, 15) is 4.39 Å². The van der Waals surface area contributed by atoms with Gasteiger partial charge in [-0.25, -0.2) is 9.37 Å². The fourth-order valence-electron chi connectivity index (χ4n) is 1.78. The minimum Gasteiger partial charge on any atom is -0.473 e. The molecule has 0 saturated carbocycles. The van der Waals surface area contributed by atoms with E-state index in [1.54, 1.807) is 24.4 Å². The molecule has 0 atom stereocenters. The Kier molecular flexibility index (Phi) is 5.50. The maximum Gasteiger partial charge on any atom is 0.213 e. The fourth-order valence-corrected chi connectivity index (χ4v) is 1.78. The lowest BCUT2D eigenvalue weighted by atomic mass is 10.2. The Bertz CT molecular complexity index is 528. The van der Waals surface area contributed by atoms with Crippen molar-refractivity contribution < 1.29 is 9.13 Å². The first-order valence-corrected chi connectivity index (χ1v) is 6.81. The van der Waals surface area contributed by atoms with E-state index in [0.717, 1.165) is 25.1 Å². The summed E-state index contributed by atoms with van der Waals surface area (Å²) in [6.45, 7) is 4.11. The molecular formula is C16H19FN2O. The summed E-state index contributed by atoms with van der Waals surface area (Å²) in [6, 6.07) is 10.4. The Labute approximate surface area is 118 Å². The Morgan fingerprint density at radius 2 is 2.05 bits per heavy atom. The van der Waals surface area contributed by atoms with Crippen LogP contribution >= 0.6 is 0 Å². The molecule has 0 fully saturated rings. The molecule has 1 N–H and O–H groups in total. The number of halogens is 1. The van der Waals surface area contributed by atoms with Gasteiger partial charge in [0, 0.05) is 24.4 Å². The standard InChI is InChI=1S/C16H19FN2O/c1-2-9-18-10-13-7-8-16(19-11-13)20-12-14-5-3-4-6-15(14)17/h3-8,11,18H,2,9-10,12H2,1H3. The van der Waals surface area contributed by atoms with Crippen molar-refractivity contribution in [1.82, 2.24) is 10.3 Å². The molecule has 0 saturated heterocycles. The van der Waals surface area contributed by atoms with Gasteiger partial charge in [-0.2, -0.15) is 0 Å². The van der Waals surface area contributed by atoms with E-state index in [-0.39, 0.29) is 12.4 Å². The molecule has 1 aromatic heterocycles. The summed E-state index contributed by atoms with van der Waals surface area (Å²) in [4.78, 5) is 4.22. The van der Waals surface area contributed by atoms with E-state index >= 15 is 0 Å². The summed E-state index contributed by atoms with van der Waals surface area (Å²) in [5, 5.41) is 3.31. The topological polar surface area (TPSA) is 34.1 Å². The minimum absolute atomic E-state index is 0.188. The Morgan fingerprint density at radius 1 is 1.20 bits per heavy atom. The third kappa shape index (κ3) is 4.31. The molecule has 3 nitrogen and oxygen atoms in total. The molecule has 4 heteroatoms. The van der Waals surface area contributed by atoms with Gasteiger partial charge in [-0.3, -0.25) is 0 Å². The molecule has 1 heterocycles. The highest BCUT2D eigenvalue weighted by Crippen LogP contribution is 2.12. The SMILES string of the molecule is CCCNCc1ccc(OCc2ccccc2F)nc1. The maximum atomic E-state index is 13.4. The lowest BCUT2D eigenvalue weighted by Gasteiger charge is -2.07. The molecule has 0 bridgehead atoms. The van der Waals surface area contributed by atoms with Gasteiger partial charge in [-0.1, -0.05) is 31.2 Å². The number of hydrogen-bond donors (Lipinski definition) is 1. The largest absolute Gasteiger partial charge is 0.473 e. The van der Waals surface area contributed by atoms with E-state index in [1.807, 2.05) is 12.1 Å². The highest BCUT2D eigenvalue weighted by atomic mass is 19.1. The monoisotopic (exact) mass is 274 g/mol. The predicted molar refractivity (Wildman–Crippen MR) is 77.0 cm³/mol. The second kappa shape index (κ2) is 7.60. The second-order valence-corrected chi connectivity index (χ2v) is 4.56. The van der Waals surface area contributed by atoms with Crippen molar-refractivity contribution in [3.63, 3.8) is 0 Å². The summed E-state index contributed by atoms with van der Waals surface area (Å²) < 4.78 is 18.9. The van der Waals surface area contributed by atoms with Crippen LogP contribution in [0.5, 0.6) is 5.88 Å². The number of nitrogens with one attached hydrogen (secondary N) is 1. The van der Waals surface area contributed by atoms with Crippen LogP contribution in [0, 0.1) is 5.82 Å². The number of pyridine rings is 1. The van der Waals surface area contributed by atoms with Crippen LogP contribution in [-0.4, -0.2) is 11.5 Å². The van der Waals surface area contributed by atoms with Crippen LogP contribution in [0.15, 0.2) is 42.6 Å². The molecule has 1 aromatic carbocycles. The highest BCUT2D eigenvalue weighted by molar-refractivity contribution is 5.20. The van der Waals surface area contributed by atoms with Gasteiger partial charge in [0.25, 0.3) is 0 Å². The summed E-state index contributed by atoms with van der Waals surface area (Å²) in [6.07, 6.45) is 2.89. The number of ether oxygens (including phenoxy) is 1. The molecule has 2 rings (SSSR count). The molecule has 0 aliphatic rings. The average molecular weight is 274 g/mol. The zero-order valence-electron chi connectivity index (χ0n) is 11.6. The zero-order chi connectivity index (χ0) is 14.2. The molecule has 20 heavy (non-hydrogen) atoms. The molecule has 0 spiro atoms. The van der Waals surface area contributed by atoms with E-state index < -0.39 is 0 Å². The molecule has 106 valence electrons. The lowest BCUT2D eigenvalue weighted by molar-refractivity contribution is 0.288. The van der Waals surface area contributed by atoms with Crippen LogP contribution in [0.3, 0.4) is 0 Å². The first kappa shape index (κ1) is 14.5. The molecule has 0 aliphatic carbocycles. The highest BCUT2D eigenvalue weighted by Gasteiger charge is 2.02. The van der Waals surface area contributed by atoms with Crippen LogP contribution < -0.4 is 10.1 Å². The Morgan fingerprint density at radius 3 is 2.75 bits per heavy atom. The van der Waals surface area contributed by atoms with Crippen LogP contribution in [0.4, 0.5) is 4.39 Å². The van der Waals surface area contributed by atoms with Crippen LogP contribution in [0.1, 0.15) is 24.5 Å². The summed E-state index contributed by atoms with van der Waals surface area (Å²) in [5.41, 5.74) is 1.64. The number of nitrogens with zero attached hydrogens (tertiary/aromatic N) is 1. The number of rotatable bonds is 7. The first-order chi connectivity index (χ1) is 9.79. The minimum atomic E-state index is -0.257. The molecule has 0 amide bonds. The van der Waals surface area contributed by atoms with Crippen molar-refractivity contribution >= 4 is 0 Å². The first-order valence-electron chi connectivity index (χ1n) is 6.81. The van der Waals surface area contributed by atoms with Gasteiger partial charge in [-0.05, 0) is 24.6 Å². The fraction of sp³-hybridized carbons (Fsp3) is 0.312. The molecular weight excluding hydrogens is 255 g/mol. The molecule has 0 aliphatic heterocycles. The second-order valence-electron chi connectivity index (χ2n) is 4.56. The molecule has 0 radical (unpaired) electrons. The van der Waals surface area contributed by atoms with Crippen LogP contribution in [0.25, 0.3) is 0 Å². The number of hydrogen-bond acceptors (Lipinski definition) is 3. The van der Waals surface area contributed by atoms with E-state index in [1.165, 1.54) is 6.07 Å². The van der Waals surface area contributed by atoms with Crippen molar-refractivity contribution in [3.8, 4) is 5.88 Å². The quantitative estimate of drug-likeness (QED) is 0.787. The molecule has 2 aromatic rings. The van der Waals surface area contributed by atoms with Gasteiger partial charge < -0.3 is 10.1 Å². The van der Waals surface area contributed by atoms with Crippen molar-refractivity contribution in [2.75, 3.05) is 6.54 Å². The zero-order valence-corrected chi connectivity index (χ0v) is 11.6. The average Bonchev–Trinajstić information content (AvgIpc) is 2.48. The van der Waals surface area contributed by atoms with Gasteiger partial charge in [0.2, 0.25) is 5.88 Å². The number of aromatic nitrogens is 1. The predicted octanol–water partition coefficient (Wildman–Crippen LogP) is 3.30. The van der Waals surface area contributed by atoms with Gasteiger partial charge in [0.15, 0.2) is 0 Å². The smallest absolute Gasteiger partial charge is 0.213 e. The third-order valence-electron chi connectivity index (χ3n) is 2.89. The van der Waals surface area contributed by atoms with Crippen molar-refractivity contribution in [2.45, 2.75) is 26.5 Å². The van der Waals surface area contributed by atoms with Crippen LogP contribution in [0.2, 0.25) is 0 Å². The van der Waals surface area contributed by atoms with Gasteiger partial charge in [0.1, 0.15) is 12.4 Å². The van der Waals surface area contributed by atoms with E-state index in [2.05, 4.69) is 17.2 Å². The summed E-state index contributed by atoms with van der Waals surface area (Å²) in [5.74, 6) is 0.250. The van der Waals surface area contributed by atoms with E-state index in [0.29, 0.717) is 11.4 Å².